The fourth-order valence-corrected chi connectivity index (χ4v) is 7.62. The van der Waals surface area contributed by atoms with E-state index >= 15 is 0 Å². The van der Waals surface area contributed by atoms with Gasteiger partial charge in [0, 0.05) is 17.1 Å². The van der Waals surface area contributed by atoms with Gasteiger partial charge >= 0.3 is 0 Å². The minimum absolute atomic E-state index is 0.0405. The van der Waals surface area contributed by atoms with Gasteiger partial charge in [0.25, 0.3) is 11.8 Å². The highest BCUT2D eigenvalue weighted by molar-refractivity contribution is 6.33. The number of hydrogen-bond donors (Lipinski definition) is 0. The fourth-order valence-electron chi connectivity index (χ4n) is 7.62. The van der Waals surface area contributed by atoms with E-state index in [0.717, 1.165) is 48.9 Å². The van der Waals surface area contributed by atoms with Crippen molar-refractivity contribution < 1.29 is 9.59 Å². The molecule has 3 aliphatic rings. The molecule has 0 aromatic heterocycles. The molecule has 3 nitrogen and oxygen atoms in total. The standard InChI is InChI=1S/C42H69NO2/c1-3-5-7-9-11-13-15-17-19-21-23-25-27-29-31-39-40-38(36-32-34-37(35-33-36)43(41(39)44)42(40)45)30-28-26-24-22-20-18-16-14-12-10-8-6-4-2/h32-35,38H,3-31H2,1-2H3. The van der Waals surface area contributed by atoms with Crippen LogP contribution in [-0.2, 0) is 9.59 Å². The first-order valence-electron chi connectivity index (χ1n) is 19.9. The van der Waals surface area contributed by atoms with Gasteiger partial charge in [0.2, 0.25) is 0 Å². The molecule has 3 heterocycles. The lowest BCUT2D eigenvalue weighted by molar-refractivity contribution is -0.120. The van der Waals surface area contributed by atoms with E-state index < -0.39 is 0 Å². The highest BCUT2D eigenvalue weighted by Gasteiger charge is 2.43. The van der Waals surface area contributed by atoms with Crippen molar-refractivity contribution >= 4 is 17.5 Å². The zero-order valence-corrected chi connectivity index (χ0v) is 29.7. The number of nitrogens with zero attached hydrogens (tertiary/aromatic N) is 1. The zero-order valence-electron chi connectivity index (χ0n) is 29.7. The molecule has 4 bridgehead atoms. The van der Waals surface area contributed by atoms with Gasteiger partial charge in [-0.2, -0.15) is 0 Å². The SMILES string of the molecule is CCCCCCCCCCCCCCCCC1=C2C(=O)N(C1=O)c1ccc(cc1)C2CCCCCCCCCCCCCCC. The lowest BCUT2D eigenvalue weighted by Gasteiger charge is -2.24. The van der Waals surface area contributed by atoms with Crippen LogP contribution >= 0.6 is 0 Å². The van der Waals surface area contributed by atoms with Crippen molar-refractivity contribution in [3.05, 3.63) is 41.0 Å². The van der Waals surface area contributed by atoms with E-state index in [1.54, 1.807) is 0 Å². The second-order valence-corrected chi connectivity index (χ2v) is 14.4. The van der Waals surface area contributed by atoms with Gasteiger partial charge in [0.15, 0.2) is 0 Å². The number of amides is 2. The summed E-state index contributed by atoms with van der Waals surface area (Å²) in [5.74, 6) is -0.0241. The van der Waals surface area contributed by atoms with E-state index in [9.17, 15) is 9.59 Å². The lowest BCUT2D eigenvalue weighted by Crippen LogP contribution is -2.33. The molecule has 4 rings (SSSR count). The van der Waals surface area contributed by atoms with Crippen molar-refractivity contribution in [2.24, 2.45) is 0 Å². The molecule has 254 valence electrons. The second kappa shape index (κ2) is 23.4. The molecule has 3 aliphatic heterocycles. The molecule has 1 atom stereocenters. The average molecular weight is 620 g/mol. The van der Waals surface area contributed by atoms with E-state index in [1.807, 2.05) is 12.1 Å². The van der Waals surface area contributed by atoms with Crippen molar-refractivity contribution in [3.8, 4) is 0 Å². The monoisotopic (exact) mass is 620 g/mol. The maximum absolute atomic E-state index is 13.6. The van der Waals surface area contributed by atoms with Crippen LogP contribution in [-0.4, -0.2) is 11.8 Å². The Morgan fingerprint density at radius 2 is 0.844 bits per heavy atom. The van der Waals surface area contributed by atoms with Gasteiger partial charge in [-0.3, -0.25) is 9.59 Å². The van der Waals surface area contributed by atoms with Crippen molar-refractivity contribution in [3.63, 3.8) is 0 Å². The first-order chi connectivity index (χ1) is 22.2. The fraction of sp³-hybridized carbons (Fsp3) is 0.762. The minimum Gasteiger partial charge on any atom is -0.269 e. The molecule has 0 spiro atoms. The molecule has 3 heteroatoms. The number of benzene rings is 1. The highest BCUT2D eigenvalue weighted by atomic mass is 16.2. The first-order valence-corrected chi connectivity index (χ1v) is 19.9. The van der Waals surface area contributed by atoms with Crippen LogP contribution in [0.5, 0.6) is 0 Å². The van der Waals surface area contributed by atoms with Crippen molar-refractivity contribution in [2.45, 2.75) is 206 Å². The summed E-state index contributed by atoms with van der Waals surface area (Å²) in [4.78, 5) is 28.6. The Morgan fingerprint density at radius 1 is 0.467 bits per heavy atom. The highest BCUT2D eigenvalue weighted by Crippen LogP contribution is 2.43. The van der Waals surface area contributed by atoms with Crippen LogP contribution in [0.3, 0.4) is 0 Å². The van der Waals surface area contributed by atoms with Gasteiger partial charge in [-0.15, -0.1) is 0 Å². The molecule has 0 fully saturated rings. The Balaban J connectivity index is 1.35. The summed E-state index contributed by atoms with van der Waals surface area (Å²) < 4.78 is 0. The summed E-state index contributed by atoms with van der Waals surface area (Å²) in [6.07, 6.45) is 37.8. The number of unbranched alkanes of at least 4 members (excludes halogenated alkanes) is 25. The number of fused-ring (bicyclic) bond motifs is 2. The Morgan fingerprint density at radius 3 is 1.27 bits per heavy atom. The summed E-state index contributed by atoms with van der Waals surface area (Å²) in [5.41, 5.74) is 3.60. The maximum Gasteiger partial charge on any atom is 0.262 e. The van der Waals surface area contributed by atoms with Gasteiger partial charge in [-0.1, -0.05) is 193 Å². The van der Waals surface area contributed by atoms with E-state index in [1.165, 1.54) is 165 Å². The first kappa shape index (κ1) is 37.6. The number of carbonyl (C=O) groups excluding carboxylic acids is 2. The van der Waals surface area contributed by atoms with Crippen LogP contribution in [0.25, 0.3) is 0 Å². The van der Waals surface area contributed by atoms with Gasteiger partial charge in [0.05, 0.1) is 5.69 Å². The zero-order chi connectivity index (χ0) is 32.0. The minimum atomic E-state index is -0.0486. The Hall–Kier alpha value is -1.90. The van der Waals surface area contributed by atoms with Gasteiger partial charge in [-0.25, -0.2) is 4.90 Å². The summed E-state index contributed by atoms with van der Waals surface area (Å²) in [5, 5.41) is 0. The van der Waals surface area contributed by atoms with Gasteiger partial charge in [0.1, 0.15) is 0 Å². The molecule has 1 aromatic carbocycles. The molecule has 0 saturated heterocycles. The van der Waals surface area contributed by atoms with Crippen LogP contribution in [0.1, 0.15) is 212 Å². The summed E-state index contributed by atoms with van der Waals surface area (Å²) in [7, 11) is 0. The molecule has 0 saturated carbocycles. The average Bonchev–Trinajstić information content (AvgIpc) is 3.33. The maximum atomic E-state index is 13.6. The molecule has 1 aromatic rings. The predicted octanol–water partition coefficient (Wildman–Crippen LogP) is 13.3. The summed E-state index contributed by atoms with van der Waals surface area (Å²) in [6.45, 7) is 4.57. The topological polar surface area (TPSA) is 37.4 Å². The van der Waals surface area contributed by atoms with Crippen LogP contribution in [0, 0.1) is 0 Å². The third-order valence-corrected chi connectivity index (χ3v) is 10.5. The molecule has 45 heavy (non-hydrogen) atoms. The van der Waals surface area contributed by atoms with E-state index in [2.05, 4.69) is 26.0 Å². The Labute approximate surface area is 278 Å². The number of imide groups is 1. The summed E-state index contributed by atoms with van der Waals surface area (Å²) in [6, 6.07) is 8.27. The van der Waals surface area contributed by atoms with E-state index in [-0.39, 0.29) is 17.7 Å². The molecule has 2 amide bonds. The smallest absolute Gasteiger partial charge is 0.262 e. The predicted molar refractivity (Wildman–Crippen MR) is 194 cm³/mol. The van der Waals surface area contributed by atoms with Crippen molar-refractivity contribution in [2.75, 3.05) is 4.90 Å². The Bertz CT molecular complexity index is 977. The third kappa shape index (κ3) is 13.4. The number of hydrogen-bond acceptors (Lipinski definition) is 2. The number of carbonyl (C=O) groups is 2. The number of anilines is 1. The quantitative estimate of drug-likeness (QED) is 0.0661. The normalized spacial score (nSPS) is 15.9. The molecule has 1 unspecified atom stereocenters. The molecular formula is C42H69NO2. The molecule has 0 N–H and O–H groups in total. The van der Waals surface area contributed by atoms with E-state index in [4.69, 9.17) is 0 Å². The van der Waals surface area contributed by atoms with Gasteiger partial charge in [-0.05, 0) is 37.0 Å². The Kier molecular flexibility index (Phi) is 19.5. The molecular weight excluding hydrogens is 550 g/mol. The van der Waals surface area contributed by atoms with Crippen molar-refractivity contribution in [1.82, 2.24) is 0 Å². The van der Waals surface area contributed by atoms with Crippen LogP contribution < -0.4 is 4.90 Å². The van der Waals surface area contributed by atoms with Crippen molar-refractivity contribution in [1.29, 1.82) is 0 Å². The number of rotatable bonds is 29. The third-order valence-electron chi connectivity index (χ3n) is 10.5. The largest absolute Gasteiger partial charge is 0.269 e. The van der Waals surface area contributed by atoms with E-state index in [0.29, 0.717) is 0 Å². The second-order valence-electron chi connectivity index (χ2n) is 14.4. The van der Waals surface area contributed by atoms with Crippen LogP contribution in [0.4, 0.5) is 5.69 Å². The summed E-state index contributed by atoms with van der Waals surface area (Å²) >= 11 is 0. The molecule has 0 radical (unpaired) electrons. The molecule has 0 aliphatic carbocycles. The van der Waals surface area contributed by atoms with Gasteiger partial charge < -0.3 is 0 Å². The van der Waals surface area contributed by atoms with Crippen LogP contribution in [0.15, 0.2) is 35.4 Å². The lowest BCUT2D eigenvalue weighted by atomic mass is 9.83. The van der Waals surface area contributed by atoms with Crippen LogP contribution in [0.2, 0.25) is 0 Å².